The van der Waals surface area contributed by atoms with Crippen LogP contribution in [-0.4, -0.2) is 52.9 Å². The van der Waals surface area contributed by atoms with Gasteiger partial charge in [-0.15, -0.1) is 0 Å². The summed E-state index contributed by atoms with van der Waals surface area (Å²) >= 11 is 0. The number of cyclic esters (lactones) is 1. The number of carbonyl (C=O) groups is 1. The Balaban J connectivity index is 1.31. The van der Waals surface area contributed by atoms with Crippen molar-refractivity contribution in [1.29, 1.82) is 0 Å². The molecular weight excluding hydrogens is 423 g/mol. The maximum atomic E-state index is 13.3. The van der Waals surface area contributed by atoms with Crippen LogP contribution in [0.4, 0.5) is 19.1 Å². The minimum absolute atomic E-state index is 0.0193. The van der Waals surface area contributed by atoms with Crippen molar-refractivity contribution in [3.63, 3.8) is 0 Å². The number of fused-ring (bicyclic) bond motifs is 1. The number of piperazine rings is 1. The van der Waals surface area contributed by atoms with Crippen molar-refractivity contribution in [3.8, 4) is 0 Å². The Morgan fingerprint density at radius 2 is 1.72 bits per heavy atom. The van der Waals surface area contributed by atoms with E-state index in [2.05, 4.69) is 19.9 Å². The fourth-order valence-electron chi connectivity index (χ4n) is 3.76. The predicted molar refractivity (Wildman–Crippen MR) is 112 cm³/mol. The molecule has 164 valence electrons. The van der Waals surface area contributed by atoms with Gasteiger partial charge in [0.05, 0.1) is 16.6 Å². The molecule has 3 aromatic rings. The van der Waals surface area contributed by atoms with E-state index in [0.717, 1.165) is 23.0 Å². The van der Waals surface area contributed by atoms with Crippen molar-refractivity contribution in [1.82, 2.24) is 14.9 Å². The average molecular weight is 441 g/mol. The Kier molecular flexibility index (Phi) is 4.84. The second-order valence-electron chi connectivity index (χ2n) is 7.46. The zero-order valence-corrected chi connectivity index (χ0v) is 16.8. The summed E-state index contributed by atoms with van der Waals surface area (Å²) < 4.78 is 44.9. The molecule has 0 bridgehead atoms. The highest BCUT2D eigenvalue weighted by Crippen LogP contribution is 2.33. The van der Waals surface area contributed by atoms with Crippen molar-refractivity contribution in [2.75, 3.05) is 31.1 Å². The lowest BCUT2D eigenvalue weighted by molar-refractivity contribution is -0.138. The first-order chi connectivity index (χ1) is 15.4. The average Bonchev–Trinajstić information content (AvgIpc) is 3.37. The third-order valence-electron chi connectivity index (χ3n) is 5.38. The molecule has 3 heterocycles. The van der Waals surface area contributed by atoms with E-state index in [0.29, 0.717) is 26.2 Å². The number of nitrogens with one attached hydrogen (secondary N) is 1. The number of aromatic amines is 1. The summed E-state index contributed by atoms with van der Waals surface area (Å²) in [5.74, 6) is -0.324. The van der Waals surface area contributed by atoms with Crippen molar-refractivity contribution in [2.45, 2.75) is 6.18 Å². The summed E-state index contributed by atoms with van der Waals surface area (Å²) in [4.78, 5) is 28.2. The van der Waals surface area contributed by atoms with E-state index >= 15 is 0 Å². The zero-order chi connectivity index (χ0) is 22.3. The molecule has 1 N–H and O–H groups in total. The van der Waals surface area contributed by atoms with Crippen LogP contribution in [0.2, 0.25) is 0 Å². The summed E-state index contributed by atoms with van der Waals surface area (Å²) in [5, 5.41) is 0. The van der Waals surface area contributed by atoms with E-state index in [4.69, 9.17) is 4.74 Å². The maximum Gasteiger partial charge on any atom is 0.417 e. The summed E-state index contributed by atoms with van der Waals surface area (Å²) in [5.41, 5.74) is 0.677. The van der Waals surface area contributed by atoms with Gasteiger partial charge in [0.2, 0.25) is 11.8 Å². The molecule has 0 atom stereocenters. The largest absolute Gasteiger partial charge is 0.417 e. The standard InChI is InChI=1S/C22H18F3N5O2/c23-22(24,25)15-6-2-1-5-14(15)19-26-18(20(31)32-19)13-29-9-11-30(12-10-29)21-27-16-7-3-4-8-17(16)28-21/h1-8,13H,9-12H2,(H,27,28)/b18-13+. The van der Waals surface area contributed by atoms with Gasteiger partial charge in [-0.05, 0) is 24.3 Å². The number of halogens is 3. The molecular formula is C22H18F3N5O2. The molecule has 0 radical (unpaired) electrons. The molecule has 2 aromatic carbocycles. The maximum absolute atomic E-state index is 13.3. The fraction of sp³-hybridized carbons (Fsp3) is 0.227. The van der Waals surface area contributed by atoms with Crippen molar-refractivity contribution < 1.29 is 22.7 Å². The second-order valence-corrected chi connectivity index (χ2v) is 7.46. The number of imidazole rings is 1. The lowest BCUT2D eigenvalue weighted by atomic mass is 10.1. The topological polar surface area (TPSA) is 73.8 Å². The van der Waals surface area contributed by atoms with Gasteiger partial charge in [0.15, 0.2) is 5.70 Å². The fourth-order valence-corrected chi connectivity index (χ4v) is 3.76. The lowest BCUT2D eigenvalue weighted by Crippen LogP contribution is -2.44. The Bertz CT molecular complexity index is 1210. The molecule has 7 nitrogen and oxygen atoms in total. The highest BCUT2D eigenvalue weighted by molar-refractivity contribution is 6.11. The van der Waals surface area contributed by atoms with E-state index in [1.807, 2.05) is 29.2 Å². The molecule has 0 unspecified atom stereocenters. The van der Waals surface area contributed by atoms with Gasteiger partial charge in [0.25, 0.3) is 0 Å². The third-order valence-corrected chi connectivity index (χ3v) is 5.38. The molecule has 0 amide bonds. The number of benzene rings is 2. The minimum Gasteiger partial charge on any atom is -0.402 e. The number of nitrogens with zero attached hydrogens (tertiary/aromatic N) is 4. The first-order valence-electron chi connectivity index (χ1n) is 10.0. The van der Waals surface area contributed by atoms with Gasteiger partial charge in [-0.1, -0.05) is 24.3 Å². The number of anilines is 1. The van der Waals surface area contributed by atoms with Gasteiger partial charge in [-0.3, -0.25) is 0 Å². The van der Waals surface area contributed by atoms with Gasteiger partial charge in [0, 0.05) is 37.9 Å². The SMILES string of the molecule is O=C1OC(c2ccccc2C(F)(F)F)=N/C1=C/N1CCN(c2nc3ccccc3[nH]2)CC1. The Morgan fingerprint density at radius 1 is 1.00 bits per heavy atom. The van der Waals surface area contributed by atoms with Crippen molar-refractivity contribution in [2.24, 2.45) is 4.99 Å². The van der Waals surface area contributed by atoms with Crippen LogP contribution in [0.15, 0.2) is 65.4 Å². The highest BCUT2D eigenvalue weighted by atomic mass is 19.4. The van der Waals surface area contributed by atoms with E-state index in [1.54, 1.807) is 6.20 Å². The van der Waals surface area contributed by atoms with Crippen molar-refractivity contribution >= 4 is 28.8 Å². The van der Waals surface area contributed by atoms with Crippen LogP contribution in [0.25, 0.3) is 11.0 Å². The molecule has 0 aliphatic carbocycles. The van der Waals surface area contributed by atoms with Crippen LogP contribution in [0.3, 0.4) is 0 Å². The van der Waals surface area contributed by atoms with Crippen LogP contribution in [-0.2, 0) is 15.7 Å². The van der Waals surface area contributed by atoms with Gasteiger partial charge < -0.3 is 19.5 Å². The third kappa shape index (κ3) is 3.79. The lowest BCUT2D eigenvalue weighted by Gasteiger charge is -2.33. The molecule has 2 aliphatic rings. The Hall–Kier alpha value is -3.82. The molecule has 1 saturated heterocycles. The second kappa shape index (κ2) is 7.70. The quantitative estimate of drug-likeness (QED) is 0.497. The summed E-state index contributed by atoms with van der Waals surface area (Å²) in [7, 11) is 0. The number of H-pyrrole nitrogens is 1. The number of hydrogen-bond donors (Lipinski definition) is 1. The van der Waals surface area contributed by atoms with Crippen LogP contribution in [0.5, 0.6) is 0 Å². The number of ether oxygens (including phenoxy) is 1. The number of carbonyl (C=O) groups excluding carboxylic acids is 1. The molecule has 10 heteroatoms. The molecule has 32 heavy (non-hydrogen) atoms. The van der Waals surface area contributed by atoms with Gasteiger partial charge in [0.1, 0.15) is 0 Å². The van der Waals surface area contributed by atoms with Crippen LogP contribution in [0.1, 0.15) is 11.1 Å². The number of aromatic nitrogens is 2. The number of alkyl halides is 3. The highest BCUT2D eigenvalue weighted by Gasteiger charge is 2.37. The van der Waals surface area contributed by atoms with E-state index < -0.39 is 17.7 Å². The zero-order valence-electron chi connectivity index (χ0n) is 16.8. The Labute approximate surface area is 180 Å². The Morgan fingerprint density at radius 3 is 2.47 bits per heavy atom. The molecule has 5 rings (SSSR count). The normalized spacial score (nSPS) is 18.4. The van der Waals surface area contributed by atoms with E-state index in [9.17, 15) is 18.0 Å². The summed E-state index contributed by atoms with van der Waals surface area (Å²) in [6.45, 7) is 2.51. The first-order valence-corrected chi connectivity index (χ1v) is 10.0. The van der Waals surface area contributed by atoms with Crippen LogP contribution in [0, 0.1) is 0 Å². The monoisotopic (exact) mass is 441 g/mol. The predicted octanol–water partition coefficient (Wildman–Crippen LogP) is 3.55. The van der Waals surface area contributed by atoms with Gasteiger partial charge in [-0.2, -0.15) is 13.2 Å². The number of rotatable bonds is 3. The van der Waals surface area contributed by atoms with E-state index in [1.165, 1.54) is 18.2 Å². The number of hydrogen-bond acceptors (Lipinski definition) is 6. The number of aliphatic imine (C=N–C) groups is 1. The van der Waals surface area contributed by atoms with Crippen LogP contribution >= 0.6 is 0 Å². The van der Waals surface area contributed by atoms with Gasteiger partial charge >= 0.3 is 12.1 Å². The van der Waals surface area contributed by atoms with Crippen molar-refractivity contribution in [3.05, 3.63) is 71.6 Å². The molecule has 1 fully saturated rings. The number of esters is 1. The molecule has 0 saturated carbocycles. The summed E-state index contributed by atoms with van der Waals surface area (Å²) in [6, 6.07) is 12.7. The minimum atomic E-state index is -4.58. The summed E-state index contributed by atoms with van der Waals surface area (Å²) in [6.07, 6.45) is -3.04. The molecule has 2 aliphatic heterocycles. The smallest absolute Gasteiger partial charge is 0.402 e. The van der Waals surface area contributed by atoms with Gasteiger partial charge in [-0.25, -0.2) is 14.8 Å². The molecule has 0 spiro atoms. The first kappa shape index (κ1) is 20.1. The van der Waals surface area contributed by atoms with E-state index in [-0.39, 0.29) is 17.2 Å². The molecule has 1 aromatic heterocycles. The number of para-hydroxylation sites is 2. The van der Waals surface area contributed by atoms with Crippen LogP contribution < -0.4 is 4.90 Å².